The SMILES string of the molecule is CCCC(CC1CC(=O)c2c(C)c(CCC(=O)OCC(C)C)cc(C(C)C)c2C1)C(CC)C(=O)CC(C)=O. The fourth-order valence-electron chi connectivity index (χ4n) is 6.23. The van der Waals surface area contributed by atoms with Crippen LogP contribution in [0.3, 0.4) is 0 Å². The van der Waals surface area contributed by atoms with Crippen LogP contribution in [0.15, 0.2) is 6.07 Å². The molecule has 0 radical (unpaired) electrons. The fourth-order valence-corrected chi connectivity index (χ4v) is 6.23. The summed E-state index contributed by atoms with van der Waals surface area (Å²) in [6.45, 7) is 16.5. The van der Waals surface area contributed by atoms with E-state index in [0.717, 1.165) is 54.4 Å². The Morgan fingerprint density at radius 1 is 1.08 bits per heavy atom. The Bertz CT molecular complexity index is 1000. The number of carbonyl (C=O) groups excluding carboxylic acids is 4. The molecule has 0 bridgehead atoms. The Morgan fingerprint density at radius 2 is 1.76 bits per heavy atom. The van der Waals surface area contributed by atoms with E-state index in [1.165, 1.54) is 12.5 Å². The van der Waals surface area contributed by atoms with Crippen molar-refractivity contribution in [2.24, 2.45) is 23.7 Å². The molecule has 1 aliphatic rings. The van der Waals surface area contributed by atoms with E-state index in [4.69, 9.17) is 4.74 Å². The Kier molecular flexibility index (Phi) is 12.4. The second-order valence-electron chi connectivity index (χ2n) is 12.2. The van der Waals surface area contributed by atoms with Crippen molar-refractivity contribution in [1.29, 1.82) is 0 Å². The number of aryl methyl sites for hydroxylation is 1. The van der Waals surface area contributed by atoms with Gasteiger partial charge in [0.1, 0.15) is 11.6 Å². The monoisotopic (exact) mass is 526 g/mol. The maximum Gasteiger partial charge on any atom is 0.306 e. The summed E-state index contributed by atoms with van der Waals surface area (Å²) in [5.41, 5.74) is 5.26. The average molecular weight is 527 g/mol. The molecule has 3 atom stereocenters. The van der Waals surface area contributed by atoms with Gasteiger partial charge >= 0.3 is 5.97 Å². The van der Waals surface area contributed by atoms with Crippen LogP contribution in [-0.2, 0) is 32.0 Å². The van der Waals surface area contributed by atoms with Gasteiger partial charge in [0.15, 0.2) is 5.78 Å². The highest BCUT2D eigenvalue weighted by molar-refractivity contribution is 6.01. The van der Waals surface area contributed by atoms with Crippen molar-refractivity contribution in [2.75, 3.05) is 6.61 Å². The molecule has 0 fully saturated rings. The van der Waals surface area contributed by atoms with Crippen molar-refractivity contribution in [3.8, 4) is 0 Å². The Labute approximate surface area is 230 Å². The van der Waals surface area contributed by atoms with Crippen LogP contribution in [0, 0.1) is 30.6 Å². The lowest BCUT2D eigenvalue weighted by molar-refractivity contribution is -0.144. The van der Waals surface area contributed by atoms with Crippen molar-refractivity contribution < 1.29 is 23.9 Å². The molecule has 3 unspecified atom stereocenters. The van der Waals surface area contributed by atoms with Crippen molar-refractivity contribution in [2.45, 2.75) is 119 Å². The first kappa shape index (κ1) is 31.9. The van der Waals surface area contributed by atoms with Gasteiger partial charge in [-0.3, -0.25) is 19.2 Å². The molecule has 0 saturated carbocycles. The average Bonchev–Trinajstić information content (AvgIpc) is 2.81. The molecule has 1 aromatic rings. The maximum atomic E-state index is 13.6. The molecule has 5 nitrogen and oxygen atoms in total. The van der Waals surface area contributed by atoms with Crippen LogP contribution in [0.4, 0.5) is 0 Å². The van der Waals surface area contributed by atoms with E-state index in [0.29, 0.717) is 31.8 Å². The van der Waals surface area contributed by atoms with Gasteiger partial charge in [-0.25, -0.2) is 0 Å². The summed E-state index contributed by atoms with van der Waals surface area (Å²) in [5.74, 6) is 0.782. The summed E-state index contributed by atoms with van der Waals surface area (Å²) in [4.78, 5) is 50.4. The number of Topliss-reactive ketones (excluding diaryl/α,β-unsaturated/α-hetero) is 3. The van der Waals surface area contributed by atoms with E-state index in [1.807, 2.05) is 27.7 Å². The number of hydrogen-bond donors (Lipinski definition) is 0. The van der Waals surface area contributed by atoms with Crippen LogP contribution < -0.4 is 0 Å². The van der Waals surface area contributed by atoms with Crippen molar-refractivity contribution in [3.63, 3.8) is 0 Å². The van der Waals surface area contributed by atoms with Gasteiger partial charge in [0, 0.05) is 24.3 Å². The molecular formula is C33H50O5. The van der Waals surface area contributed by atoms with Gasteiger partial charge < -0.3 is 4.74 Å². The molecule has 0 amide bonds. The fraction of sp³-hybridized carbons (Fsp3) is 0.697. The van der Waals surface area contributed by atoms with Gasteiger partial charge in [-0.2, -0.15) is 0 Å². The summed E-state index contributed by atoms with van der Waals surface area (Å²) in [6, 6.07) is 2.21. The van der Waals surface area contributed by atoms with E-state index >= 15 is 0 Å². The van der Waals surface area contributed by atoms with E-state index in [-0.39, 0.29) is 53.4 Å². The van der Waals surface area contributed by atoms with Gasteiger partial charge in [0.25, 0.3) is 0 Å². The lowest BCUT2D eigenvalue weighted by Gasteiger charge is -2.33. The van der Waals surface area contributed by atoms with Crippen LogP contribution >= 0.6 is 0 Å². The lowest BCUT2D eigenvalue weighted by Crippen LogP contribution is -2.30. The normalized spacial score (nSPS) is 16.9. The Morgan fingerprint density at radius 3 is 2.32 bits per heavy atom. The minimum absolute atomic E-state index is 0.00956. The number of benzene rings is 1. The van der Waals surface area contributed by atoms with Crippen LogP contribution in [0.25, 0.3) is 0 Å². The van der Waals surface area contributed by atoms with Crippen LogP contribution in [-0.4, -0.2) is 29.9 Å². The highest BCUT2D eigenvalue weighted by Crippen LogP contribution is 2.40. The summed E-state index contributed by atoms with van der Waals surface area (Å²) in [5, 5.41) is 0. The summed E-state index contributed by atoms with van der Waals surface area (Å²) >= 11 is 0. The summed E-state index contributed by atoms with van der Waals surface area (Å²) < 4.78 is 5.37. The van der Waals surface area contributed by atoms with Crippen molar-refractivity contribution >= 4 is 23.3 Å². The standard InChI is InChI=1S/C33H50O5/c1-9-11-26(27(10-2)30(35)14-22(7)34)15-24-16-29-28(21(5)6)18-25(23(8)33(29)31(36)17-24)12-13-32(37)38-19-20(3)4/h18,20-21,24,26-27H,9-17,19H2,1-8H3. The molecule has 0 N–H and O–H groups in total. The molecule has 0 heterocycles. The van der Waals surface area contributed by atoms with Crippen molar-refractivity contribution in [3.05, 3.63) is 33.9 Å². The molecule has 0 spiro atoms. The highest BCUT2D eigenvalue weighted by atomic mass is 16.5. The Hall–Kier alpha value is -2.30. The van der Waals surface area contributed by atoms with Gasteiger partial charge in [-0.1, -0.05) is 60.5 Å². The molecule has 2 rings (SSSR count). The zero-order valence-electron chi connectivity index (χ0n) is 25.1. The van der Waals surface area contributed by atoms with Crippen LogP contribution in [0.1, 0.15) is 132 Å². The van der Waals surface area contributed by atoms with E-state index < -0.39 is 0 Å². The molecule has 0 saturated heterocycles. The van der Waals surface area contributed by atoms with E-state index in [9.17, 15) is 19.2 Å². The minimum Gasteiger partial charge on any atom is -0.465 e. The molecular weight excluding hydrogens is 476 g/mol. The predicted molar refractivity (Wildman–Crippen MR) is 153 cm³/mol. The zero-order chi connectivity index (χ0) is 28.6. The number of esters is 1. The van der Waals surface area contributed by atoms with Crippen LogP contribution in [0.2, 0.25) is 0 Å². The van der Waals surface area contributed by atoms with E-state index in [1.54, 1.807) is 0 Å². The van der Waals surface area contributed by atoms with E-state index in [2.05, 4.69) is 26.8 Å². The number of fused-ring (bicyclic) bond motifs is 1. The molecule has 1 aliphatic carbocycles. The second-order valence-corrected chi connectivity index (χ2v) is 12.2. The number of ether oxygens (including phenoxy) is 1. The summed E-state index contributed by atoms with van der Waals surface area (Å²) in [7, 11) is 0. The molecule has 1 aromatic carbocycles. The molecule has 0 aliphatic heterocycles. The third-order valence-corrected chi connectivity index (χ3v) is 8.02. The summed E-state index contributed by atoms with van der Waals surface area (Å²) in [6.07, 6.45) is 5.69. The lowest BCUT2D eigenvalue weighted by atomic mass is 9.70. The number of hydrogen-bond acceptors (Lipinski definition) is 5. The zero-order valence-corrected chi connectivity index (χ0v) is 25.1. The number of ketones is 3. The molecule has 38 heavy (non-hydrogen) atoms. The van der Waals surface area contributed by atoms with Gasteiger partial charge in [0.2, 0.25) is 0 Å². The molecule has 212 valence electrons. The minimum atomic E-state index is -0.194. The van der Waals surface area contributed by atoms with Gasteiger partial charge in [-0.05, 0) is 85.5 Å². The highest BCUT2D eigenvalue weighted by Gasteiger charge is 2.34. The third kappa shape index (κ3) is 8.61. The topological polar surface area (TPSA) is 77.5 Å². The number of rotatable bonds is 15. The van der Waals surface area contributed by atoms with Gasteiger partial charge in [0.05, 0.1) is 13.0 Å². The quantitative estimate of drug-likeness (QED) is 0.176. The maximum absolute atomic E-state index is 13.6. The molecule has 5 heteroatoms. The Balaban J connectivity index is 2.31. The predicted octanol–water partition coefficient (Wildman–Crippen LogP) is 7.38. The third-order valence-electron chi connectivity index (χ3n) is 8.02. The van der Waals surface area contributed by atoms with Crippen LogP contribution in [0.5, 0.6) is 0 Å². The first-order valence-corrected chi connectivity index (χ1v) is 14.8. The number of carbonyl (C=O) groups is 4. The first-order chi connectivity index (χ1) is 17.9. The smallest absolute Gasteiger partial charge is 0.306 e. The second kappa shape index (κ2) is 14.7. The largest absolute Gasteiger partial charge is 0.465 e. The first-order valence-electron chi connectivity index (χ1n) is 14.8. The molecule has 0 aromatic heterocycles. The van der Waals surface area contributed by atoms with Gasteiger partial charge in [-0.15, -0.1) is 0 Å². The van der Waals surface area contributed by atoms with Crippen molar-refractivity contribution in [1.82, 2.24) is 0 Å².